The molecule has 4 aliphatic rings. The van der Waals surface area contributed by atoms with E-state index in [-0.39, 0.29) is 29.8 Å². The Kier molecular flexibility index (Phi) is 4.34. The molecule has 0 unspecified atom stereocenters. The molecule has 5 heteroatoms. The summed E-state index contributed by atoms with van der Waals surface area (Å²) >= 11 is 0. The van der Waals surface area contributed by atoms with Gasteiger partial charge in [0, 0.05) is 6.42 Å². The summed E-state index contributed by atoms with van der Waals surface area (Å²) in [6.07, 6.45) is 9.98. The Balaban J connectivity index is 1.25. The van der Waals surface area contributed by atoms with E-state index in [9.17, 15) is 9.59 Å². The number of carbonyl (C=O) groups is 2. The molecule has 2 N–H and O–H groups in total. The Hall–Kier alpha value is -1.78. The van der Waals surface area contributed by atoms with Crippen LogP contribution in [-0.2, 0) is 9.59 Å². The normalized spacial score (nSPS) is 33.9. The minimum atomic E-state index is -0.192. The van der Waals surface area contributed by atoms with Gasteiger partial charge in [-0.25, -0.2) is 0 Å². The molecule has 1 aromatic heterocycles. The zero-order valence-electron chi connectivity index (χ0n) is 14.9. The molecule has 136 valence electrons. The number of hydrogen-bond donors (Lipinski definition) is 2. The maximum atomic E-state index is 12.4. The molecule has 5 rings (SSSR count). The van der Waals surface area contributed by atoms with Crippen LogP contribution >= 0.6 is 0 Å². The van der Waals surface area contributed by atoms with Crippen molar-refractivity contribution in [3.05, 3.63) is 24.2 Å². The second kappa shape index (κ2) is 6.50. The molecule has 5 nitrogen and oxygen atoms in total. The smallest absolute Gasteiger partial charge is 0.239 e. The molecule has 1 heterocycles. The first-order valence-corrected chi connectivity index (χ1v) is 9.61. The van der Waals surface area contributed by atoms with Crippen molar-refractivity contribution in [3.8, 4) is 0 Å². The highest BCUT2D eigenvalue weighted by Gasteiger charge is 2.51. The second-order valence-corrected chi connectivity index (χ2v) is 8.68. The van der Waals surface area contributed by atoms with Crippen LogP contribution in [0.25, 0.3) is 0 Å². The molecule has 4 aliphatic carbocycles. The Bertz CT molecular complexity index is 602. The highest BCUT2D eigenvalue weighted by molar-refractivity contribution is 5.85. The SMILES string of the molecule is C[C@H](NC(=O)CNC(=O)CC12CC3CC(CC(C3)C1)C2)c1ccco1. The van der Waals surface area contributed by atoms with Crippen LogP contribution in [0.4, 0.5) is 0 Å². The fourth-order valence-electron chi connectivity index (χ4n) is 5.99. The van der Waals surface area contributed by atoms with Crippen LogP contribution in [0.15, 0.2) is 22.8 Å². The van der Waals surface area contributed by atoms with Crippen LogP contribution in [0, 0.1) is 23.2 Å². The van der Waals surface area contributed by atoms with E-state index in [1.807, 2.05) is 13.0 Å². The second-order valence-electron chi connectivity index (χ2n) is 8.68. The fourth-order valence-corrected chi connectivity index (χ4v) is 5.99. The summed E-state index contributed by atoms with van der Waals surface area (Å²) in [4.78, 5) is 24.5. The van der Waals surface area contributed by atoms with Gasteiger partial charge in [0.15, 0.2) is 0 Å². The molecule has 0 aromatic carbocycles. The Morgan fingerprint density at radius 1 is 1.16 bits per heavy atom. The molecular weight excluding hydrogens is 316 g/mol. The van der Waals surface area contributed by atoms with E-state index in [1.165, 1.54) is 38.5 Å². The van der Waals surface area contributed by atoms with Crippen LogP contribution in [0.1, 0.15) is 63.7 Å². The first-order valence-electron chi connectivity index (χ1n) is 9.61. The monoisotopic (exact) mass is 344 g/mol. The molecular formula is C20H28N2O3. The molecule has 25 heavy (non-hydrogen) atoms. The van der Waals surface area contributed by atoms with E-state index < -0.39 is 0 Å². The van der Waals surface area contributed by atoms with Gasteiger partial charge in [0.2, 0.25) is 11.8 Å². The van der Waals surface area contributed by atoms with Gasteiger partial charge in [-0.1, -0.05) is 0 Å². The van der Waals surface area contributed by atoms with Gasteiger partial charge in [0.1, 0.15) is 5.76 Å². The summed E-state index contributed by atoms with van der Waals surface area (Å²) in [5.74, 6) is 3.10. The standard InChI is InChI=1S/C20H28N2O3/c1-13(17-3-2-4-25-17)22-19(24)12-21-18(23)11-20-8-14-5-15(9-20)7-16(6-14)10-20/h2-4,13-16H,5-12H2,1H3,(H,21,23)(H,22,24)/t13-,14?,15?,16?,20?/m0/s1. The number of furan rings is 1. The van der Waals surface area contributed by atoms with E-state index >= 15 is 0 Å². The summed E-state index contributed by atoms with van der Waals surface area (Å²) < 4.78 is 5.28. The van der Waals surface area contributed by atoms with Crippen LogP contribution < -0.4 is 10.6 Å². The molecule has 4 fully saturated rings. The minimum Gasteiger partial charge on any atom is -0.467 e. The molecule has 1 aromatic rings. The zero-order chi connectivity index (χ0) is 17.4. The minimum absolute atomic E-state index is 0.0303. The van der Waals surface area contributed by atoms with Gasteiger partial charge in [-0.2, -0.15) is 0 Å². The largest absolute Gasteiger partial charge is 0.467 e. The lowest BCUT2D eigenvalue weighted by atomic mass is 9.49. The van der Waals surface area contributed by atoms with Crippen LogP contribution in [-0.4, -0.2) is 18.4 Å². The average Bonchev–Trinajstić information content (AvgIpc) is 3.05. The molecule has 4 bridgehead atoms. The average molecular weight is 344 g/mol. The molecule has 1 atom stereocenters. The van der Waals surface area contributed by atoms with E-state index in [0.29, 0.717) is 12.2 Å². The van der Waals surface area contributed by atoms with Gasteiger partial charge < -0.3 is 15.1 Å². The number of carbonyl (C=O) groups excluding carboxylic acids is 2. The molecule has 4 saturated carbocycles. The molecule has 0 saturated heterocycles. The third-order valence-electron chi connectivity index (χ3n) is 6.49. The predicted octanol–water partition coefficient (Wildman–Crippen LogP) is 3.18. The highest BCUT2D eigenvalue weighted by atomic mass is 16.3. The molecule has 0 aliphatic heterocycles. The Labute approximate surface area is 148 Å². The summed E-state index contributed by atoms with van der Waals surface area (Å²) in [5.41, 5.74) is 0.219. The lowest BCUT2D eigenvalue weighted by molar-refractivity contribution is -0.132. The lowest BCUT2D eigenvalue weighted by Crippen LogP contribution is -2.48. The fraction of sp³-hybridized carbons (Fsp3) is 0.700. The van der Waals surface area contributed by atoms with Crippen LogP contribution in [0.2, 0.25) is 0 Å². The van der Waals surface area contributed by atoms with Gasteiger partial charge in [-0.15, -0.1) is 0 Å². The lowest BCUT2D eigenvalue weighted by Gasteiger charge is -2.56. The first kappa shape index (κ1) is 16.7. The summed E-state index contributed by atoms with van der Waals surface area (Å²) in [6, 6.07) is 3.43. The van der Waals surface area contributed by atoms with E-state index in [0.717, 1.165) is 17.8 Å². The third kappa shape index (κ3) is 3.60. The molecule has 0 radical (unpaired) electrons. The van der Waals surface area contributed by atoms with Gasteiger partial charge in [-0.3, -0.25) is 9.59 Å². The van der Waals surface area contributed by atoms with Gasteiger partial charge in [-0.05, 0) is 80.8 Å². The third-order valence-corrected chi connectivity index (χ3v) is 6.49. The Morgan fingerprint density at radius 2 is 1.80 bits per heavy atom. The van der Waals surface area contributed by atoms with Crippen molar-refractivity contribution in [2.75, 3.05) is 6.54 Å². The van der Waals surface area contributed by atoms with Gasteiger partial charge in [0.05, 0.1) is 18.8 Å². The van der Waals surface area contributed by atoms with Crippen molar-refractivity contribution >= 4 is 11.8 Å². The quantitative estimate of drug-likeness (QED) is 0.832. The van der Waals surface area contributed by atoms with E-state index in [1.54, 1.807) is 12.3 Å². The summed E-state index contributed by atoms with van der Waals surface area (Å²) in [7, 11) is 0. The summed E-state index contributed by atoms with van der Waals surface area (Å²) in [6.45, 7) is 1.91. The van der Waals surface area contributed by atoms with Crippen molar-refractivity contribution in [2.24, 2.45) is 23.2 Å². The van der Waals surface area contributed by atoms with Gasteiger partial charge in [0.25, 0.3) is 0 Å². The highest BCUT2D eigenvalue weighted by Crippen LogP contribution is 2.61. The van der Waals surface area contributed by atoms with Crippen LogP contribution in [0.5, 0.6) is 0 Å². The number of rotatable bonds is 6. The summed E-state index contributed by atoms with van der Waals surface area (Å²) in [5, 5.41) is 5.68. The van der Waals surface area contributed by atoms with Crippen molar-refractivity contribution < 1.29 is 14.0 Å². The maximum absolute atomic E-state index is 12.4. The van der Waals surface area contributed by atoms with E-state index in [2.05, 4.69) is 10.6 Å². The van der Waals surface area contributed by atoms with Crippen molar-refractivity contribution in [2.45, 2.75) is 57.9 Å². The van der Waals surface area contributed by atoms with Gasteiger partial charge >= 0.3 is 0 Å². The predicted molar refractivity (Wildman–Crippen MR) is 93.5 cm³/mol. The number of amides is 2. The zero-order valence-corrected chi connectivity index (χ0v) is 14.9. The topological polar surface area (TPSA) is 71.3 Å². The van der Waals surface area contributed by atoms with Crippen LogP contribution in [0.3, 0.4) is 0 Å². The first-order chi connectivity index (χ1) is 12.0. The van der Waals surface area contributed by atoms with E-state index in [4.69, 9.17) is 4.42 Å². The van der Waals surface area contributed by atoms with Crippen molar-refractivity contribution in [3.63, 3.8) is 0 Å². The van der Waals surface area contributed by atoms with Crippen molar-refractivity contribution in [1.82, 2.24) is 10.6 Å². The Morgan fingerprint density at radius 3 is 2.36 bits per heavy atom. The molecule has 2 amide bonds. The van der Waals surface area contributed by atoms with Crippen molar-refractivity contribution in [1.29, 1.82) is 0 Å². The molecule has 0 spiro atoms. The number of nitrogens with one attached hydrogen (secondary N) is 2. The maximum Gasteiger partial charge on any atom is 0.239 e. The number of hydrogen-bond acceptors (Lipinski definition) is 3.